The van der Waals surface area contributed by atoms with E-state index in [-0.39, 0.29) is 0 Å². The molecule has 2 unspecified atom stereocenters. The van der Waals surface area contributed by atoms with Crippen molar-refractivity contribution in [2.75, 3.05) is 31.1 Å². The summed E-state index contributed by atoms with van der Waals surface area (Å²) in [4.78, 5) is 7.48. The van der Waals surface area contributed by atoms with E-state index in [0.717, 1.165) is 18.7 Å². The molecule has 2 nitrogen and oxygen atoms in total. The summed E-state index contributed by atoms with van der Waals surface area (Å²) in [6, 6.07) is 14.5. The van der Waals surface area contributed by atoms with E-state index in [1.807, 2.05) is 12.1 Å². The molecule has 0 aromatic heterocycles. The van der Waals surface area contributed by atoms with Crippen molar-refractivity contribution in [3.05, 3.63) is 48.0 Å². The fraction of sp³-hybridized carbons (Fsp3) is 0.455. The van der Waals surface area contributed by atoms with Gasteiger partial charge in [0.15, 0.2) is 5.15 Å². The van der Waals surface area contributed by atoms with Gasteiger partial charge in [-0.25, -0.2) is 4.39 Å². The van der Waals surface area contributed by atoms with Gasteiger partial charge in [0.2, 0.25) is 0 Å². The standard InChI is InChI=1S/C22H29FN2P2S/c23-22(26,27)17-10-11-21-19(16-17)25(18-8-2-3-9-20(18)28-21)15-7-6-14-24-12-4-1-5-13-24/h2-3,8-11,16H,1,4-7,12-15,26-27H2. The van der Waals surface area contributed by atoms with Crippen LogP contribution in [0.15, 0.2) is 52.3 Å². The minimum absolute atomic E-state index is 0.680. The number of nitrogens with zero attached hydrogens (tertiary/aromatic N) is 2. The molecule has 2 aliphatic heterocycles. The van der Waals surface area contributed by atoms with Crippen molar-refractivity contribution < 1.29 is 4.39 Å². The number of likely N-dealkylation sites (tertiary alicyclic amines) is 1. The number of para-hydroxylation sites is 1. The molecule has 6 heteroatoms. The van der Waals surface area contributed by atoms with Crippen molar-refractivity contribution in [3.63, 3.8) is 0 Å². The maximum Gasteiger partial charge on any atom is 0.160 e. The van der Waals surface area contributed by atoms with Gasteiger partial charge >= 0.3 is 0 Å². The van der Waals surface area contributed by atoms with E-state index in [9.17, 15) is 4.39 Å². The van der Waals surface area contributed by atoms with Crippen LogP contribution in [0.3, 0.4) is 0 Å². The first kappa shape index (κ1) is 20.6. The first-order valence-corrected chi connectivity index (χ1v) is 12.2. The summed E-state index contributed by atoms with van der Waals surface area (Å²) in [5, 5.41) is -1.49. The molecule has 2 aromatic rings. The van der Waals surface area contributed by atoms with Crippen molar-refractivity contribution in [2.24, 2.45) is 0 Å². The van der Waals surface area contributed by atoms with E-state index in [1.165, 1.54) is 60.8 Å². The van der Waals surface area contributed by atoms with Crippen molar-refractivity contribution in [1.29, 1.82) is 0 Å². The second-order valence-corrected chi connectivity index (χ2v) is 11.2. The van der Waals surface area contributed by atoms with Gasteiger partial charge in [-0.15, -0.1) is 0 Å². The minimum atomic E-state index is -1.49. The van der Waals surface area contributed by atoms with Gasteiger partial charge in [-0.2, -0.15) is 0 Å². The Morgan fingerprint density at radius 3 is 2.39 bits per heavy atom. The molecular formula is C22H29FN2P2S. The van der Waals surface area contributed by atoms with Gasteiger partial charge in [-0.3, -0.25) is 0 Å². The number of fused-ring (bicyclic) bond motifs is 2. The lowest BCUT2D eigenvalue weighted by molar-refractivity contribution is 0.225. The number of halogens is 1. The van der Waals surface area contributed by atoms with Gasteiger partial charge in [0.1, 0.15) is 0 Å². The van der Waals surface area contributed by atoms with Gasteiger partial charge in [-0.1, -0.05) is 54.9 Å². The highest BCUT2D eigenvalue weighted by Crippen LogP contribution is 2.50. The first-order chi connectivity index (χ1) is 13.5. The smallest absolute Gasteiger partial charge is 0.160 e. The lowest BCUT2D eigenvalue weighted by atomic mass is 10.1. The van der Waals surface area contributed by atoms with Gasteiger partial charge in [-0.05, 0) is 75.1 Å². The van der Waals surface area contributed by atoms with Crippen LogP contribution < -0.4 is 4.90 Å². The van der Waals surface area contributed by atoms with Crippen LogP contribution in [-0.2, 0) is 5.15 Å². The van der Waals surface area contributed by atoms with Crippen LogP contribution in [0.5, 0.6) is 0 Å². The molecular weight excluding hydrogens is 405 g/mol. The summed E-state index contributed by atoms with van der Waals surface area (Å²) in [7, 11) is 4.57. The Labute approximate surface area is 177 Å². The largest absolute Gasteiger partial charge is 0.340 e. The zero-order valence-electron chi connectivity index (χ0n) is 16.2. The number of hydrogen-bond donors (Lipinski definition) is 0. The third-order valence-corrected chi connectivity index (χ3v) is 7.42. The Morgan fingerprint density at radius 1 is 0.893 bits per heavy atom. The van der Waals surface area contributed by atoms with E-state index >= 15 is 0 Å². The van der Waals surface area contributed by atoms with E-state index in [2.05, 4.69) is 58.6 Å². The Kier molecular flexibility index (Phi) is 6.63. The summed E-state index contributed by atoms with van der Waals surface area (Å²) < 4.78 is 14.5. The van der Waals surface area contributed by atoms with Crippen molar-refractivity contribution in [1.82, 2.24) is 4.90 Å². The Hall–Kier alpha value is -0.660. The molecule has 0 radical (unpaired) electrons. The molecule has 0 amide bonds. The fourth-order valence-electron chi connectivity index (χ4n) is 4.10. The SMILES string of the molecule is FC(P)(P)c1ccc2c(c1)N(CCCCN1CCCCC1)c1ccccc1S2. The van der Waals surface area contributed by atoms with E-state index in [4.69, 9.17) is 0 Å². The molecule has 1 fully saturated rings. The van der Waals surface area contributed by atoms with Crippen LogP contribution in [-0.4, -0.2) is 31.1 Å². The van der Waals surface area contributed by atoms with Crippen LogP contribution in [0.1, 0.15) is 37.7 Å². The molecule has 0 aliphatic carbocycles. The fourth-order valence-corrected chi connectivity index (χ4v) is 5.53. The maximum absolute atomic E-state index is 14.5. The lowest BCUT2D eigenvalue weighted by Gasteiger charge is -2.34. The van der Waals surface area contributed by atoms with Gasteiger partial charge in [0.05, 0.1) is 11.4 Å². The Morgan fingerprint density at radius 2 is 1.61 bits per heavy atom. The third-order valence-electron chi connectivity index (χ3n) is 5.62. The van der Waals surface area contributed by atoms with Crippen LogP contribution >= 0.6 is 30.2 Å². The molecule has 28 heavy (non-hydrogen) atoms. The molecule has 4 rings (SSSR count). The van der Waals surface area contributed by atoms with Gasteiger partial charge in [0, 0.05) is 16.3 Å². The van der Waals surface area contributed by atoms with Crippen LogP contribution in [0.25, 0.3) is 0 Å². The number of piperidine rings is 1. The number of hydrogen-bond acceptors (Lipinski definition) is 3. The number of anilines is 2. The summed E-state index contributed by atoms with van der Waals surface area (Å²) >= 11 is 1.78. The zero-order valence-corrected chi connectivity index (χ0v) is 19.4. The monoisotopic (exact) mass is 434 g/mol. The molecule has 150 valence electrons. The van der Waals surface area contributed by atoms with Crippen molar-refractivity contribution in [2.45, 2.75) is 47.0 Å². The predicted molar refractivity (Wildman–Crippen MR) is 126 cm³/mol. The first-order valence-electron chi connectivity index (χ1n) is 10.2. The summed E-state index contributed by atoms with van der Waals surface area (Å²) in [5.74, 6) is 0. The highest BCUT2D eigenvalue weighted by molar-refractivity contribution is 7.99. The van der Waals surface area contributed by atoms with Gasteiger partial charge < -0.3 is 9.80 Å². The highest BCUT2D eigenvalue weighted by Gasteiger charge is 2.27. The normalized spacial score (nSPS) is 17.3. The highest BCUT2D eigenvalue weighted by atomic mass is 32.2. The van der Waals surface area contributed by atoms with Crippen molar-refractivity contribution >= 4 is 41.6 Å². The molecule has 2 aliphatic rings. The second-order valence-electron chi connectivity index (χ2n) is 7.78. The molecule has 1 saturated heterocycles. The molecule has 2 atom stereocenters. The van der Waals surface area contributed by atoms with Crippen molar-refractivity contribution in [3.8, 4) is 0 Å². The second kappa shape index (κ2) is 9.00. The molecule has 0 spiro atoms. The quantitative estimate of drug-likeness (QED) is 0.384. The summed E-state index contributed by atoms with van der Waals surface area (Å²) in [6.07, 6.45) is 6.44. The zero-order chi connectivity index (χ0) is 19.6. The summed E-state index contributed by atoms with van der Waals surface area (Å²) in [6.45, 7) is 4.68. The molecule has 2 heterocycles. The minimum Gasteiger partial charge on any atom is -0.340 e. The number of alkyl halides is 1. The Bertz CT molecular complexity index is 818. The Balaban J connectivity index is 1.51. The summed E-state index contributed by atoms with van der Waals surface area (Å²) in [5.41, 5.74) is 3.05. The van der Waals surface area contributed by atoms with Crippen LogP contribution in [0.4, 0.5) is 15.8 Å². The maximum atomic E-state index is 14.5. The third kappa shape index (κ3) is 4.73. The van der Waals surface area contributed by atoms with E-state index in [0.29, 0.717) is 5.56 Å². The van der Waals surface area contributed by atoms with E-state index in [1.54, 1.807) is 11.8 Å². The van der Waals surface area contributed by atoms with Gasteiger partial charge in [0.25, 0.3) is 0 Å². The topological polar surface area (TPSA) is 6.48 Å². The van der Waals surface area contributed by atoms with E-state index < -0.39 is 5.15 Å². The van der Waals surface area contributed by atoms with Crippen LogP contribution in [0.2, 0.25) is 0 Å². The number of rotatable bonds is 6. The van der Waals surface area contributed by atoms with Crippen LogP contribution in [0, 0.1) is 0 Å². The molecule has 0 N–H and O–H groups in total. The number of unbranched alkanes of at least 4 members (excludes halogenated alkanes) is 1. The average molecular weight is 435 g/mol. The number of benzene rings is 2. The average Bonchev–Trinajstić information content (AvgIpc) is 2.70. The lowest BCUT2D eigenvalue weighted by Crippen LogP contribution is -2.31. The predicted octanol–water partition coefficient (Wildman–Crippen LogP) is 6.39. The molecule has 0 saturated carbocycles. The molecule has 2 aromatic carbocycles. The molecule has 0 bridgehead atoms.